The highest BCUT2D eigenvalue weighted by atomic mass is 35.5. The lowest BCUT2D eigenvalue weighted by Gasteiger charge is -2.31. The number of carbonyl (C=O) groups excluding carboxylic acids is 1. The van der Waals surface area contributed by atoms with E-state index in [1.165, 1.54) is 6.92 Å². The molecule has 27 heavy (non-hydrogen) atoms. The van der Waals surface area contributed by atoms with Gasteiger partial charge in [-0.15, -0.1) is 12.4 Å². The van der Waals surface area contributed by atoms with E-state index in [-0.39, 0.29) is 18.8 Å². The molecule has 0 saturated carbocycles. The van der Waals surface area contributed by atoms with Gasteiger partial charge in [-0.1, -0.05) is 24.3 Å². The fourth-order valence-electron chi connectivity index (χ4n) is 3.40. The Labute approximate surface area is 164 Å². The van der Waals surface area contributed by atoms with Gasteiger partial charge < -0.3 is 19.9 Å². The molecule has 0 aliphatic carbocycles. The highest BCUT2D eigenvalue weighted by Gasteiger charge is 2.29. The summed E-state index contributed by atoms with van der Waals surface area (Å²) in [5.74, 6) is -0.124. The quantitative estimate of drug-likeness (QED) is 0.585. The second-order valence-electron chi connectivity index (χ2n) is 7.18. The van der Waals surface area contributed by atoms with Crippen molar-refractivity contribution in [3.63, 3.8) is 0 Å². The van der Waals surface area contributed by atoms with Crippen LogP contribution in [0.3, 0.4) is 0 Å². The molecule has 1 heterocycles. The first kappa shape index (κ1) is 20.8. The highest BCUT2D eigenvalue weighted by Crippen LogP contribution is 2.47. The first-order valence-corrected chi connectivity index (χ1v) is 8.67. The number of anilines is 1. The molecule has 0 bridgehead atoms. The van der Waals surface area contributed by atoms with Crippen LogP contribution < -0.4 is 14.8 Å². The molecule has 0 aromatic heterocycles. The molecule has 0 unspecified atom stereocenters. The van der Waals surface area contributed by atoms with Crippen molar-refractivity contribution in [1.29, 1.82) is 0 Å². The lowest BCUT2D eigenvalue weighted by Crippen LogP contribution is -2.34. The van der Waals surface area contributed by atoms with Crippen molar-refractivity contribution in [3.8, 4) is 11.5 Å². The van der Waals surface area contributed by atoms with Crippen LogP contribution in [0.25, 0.3) is 10.8 Å². The largest absolute Gasteiger partial charge is 0.493 e. The van der Waals surface area contributed by atoms with E-state index in [1.807, 2.05) is 38.1 Å². The molecule has 1 aliphatic rings. The molecule has 6 nitrogen and oxygen atoms in total. The Morgan fingerprint density at radius 1 is 1.26 bits per heavy atom. The van der Waals surface area contributed by atoms with Crippen LogP contribution in [-0.2, 0) is 16.0 Å². The predicted octanol–water partition coefficient (Wildman–Crippen LogP) is 4.18. The van der Waals surface area contributed by atoms with E-state index in [0.717, 1.165) is 34.9 Å². The molecule has 0 fully saturated rings. The first-order valence-electron chi connectivity index (χ1n) is 8.67. The molecule has 0 radical (unpaired) electrons. The second-order valence-corrected chi connectivity index (χ2v) is 7.18. The van der Waals surface area contributed by atoms with Gasteiger partial charge in [-0.2, -0.15) is 0 Å². The van der Waals surface area contributed by atoms with Crippen LogP contribution in [0.2, 0.25) is 0 Å². The Morgan fingerprint density at radius 2 is 1.93 bits per heavy atom. The zero-order chi connectivity index (χ0) is 18.9. The summed E-state index contributed by atoms with van der Waals surface area (Å²) in [6.45, 7) is 5.60. The Balaban J connectivity index is 0.00000261. The van der Waals surface area contributed by atoms with Crippen molar-refractivity contribution >= 4 is 40.8 Å². The van der Waals surface area contributed by atoms with Gasteiger partial charge in [-0.25, -0.2) is 0 Å². The molecule has 7 heteroatoms. The summed E-state index contributed by atoms with van der Waals surface area (Å²) < 4.78 is 11.5. The summed E-state index contributed by atoms with van der Waals surface area (Å²) in [5.41, 5.74) is 0.832. The number of carbonyl (C=O) groups is 2. The Bertz CT molecular complexity index is 878. The van der Waals surface area contributed by atoms with Crippen LogP contribution in [0.15, 0.2) is 24.3 Å². The van der Waals surface area contributed by atoms with Gasteiger partial charge >= 0.3 is 11.9 Å². The normalized spacial score (nSPS) is 13.1. The maximum absolute atomic E-state index is 11.7. The number of carboxylic acid groups (broad SMARTS) is 1. The van der Waals surface area contributed by atoms with Crippen LogP contribution in [0.1, 0.15) is 39.2 Å². The maximum atomic E-state index is 11.7. The predicted molar refractivity (Wildman–Crippen MR) is 106 cm³/mol. The fraction of sp³-hybridized carbons (Fsp3) is 0.400. The first-order chi connectivity index (χ1) is 12.3. The molecule has 0 atom stereocenters. The average molecular weight is 394 g/mol. The number of carboxylic acids is 1. The van der Waals surface area contributed by atoms with E-state index in [9.17, 15) is 14.7 Å². The summed E-state index contributed by atoms with van der Waals surface area (Å²) in [7, 11) is 0. The number of nitrogens with one attached hydrogen (secondary N) is 1. The number of halogens is 1. The minimum Gasteiger partial charge on any atom is -0.493 e. The molecule has 3 rings (SSSR count). The standard InChI is InChI=1S/C20H23NO5.ClH/c1-12(22)26-19-14-8-5-4-7-13(14)18-15(9-6-10-25-18)17(19)21-20(2,3)11-16(23)24;/h4-5,7-8,21H,6,9-11H2,1-3H3,(H,23,24);1H. The van der Waals surface area contributed by atoms with E-state index in [1.54, 1.807) is 0 Å². The van der Waals surface area contributed by atoms with Crippen molar-refractivity contribution in [2.24, 2.45) is 0 Å². The summed E-state index contributed by atoms with van der Waals surface area (Å²) in [6.07, 6.45) is 1.54. The number of benzene rings is 2. The van der Waals surface area contributed by atoms with Crippen molar-refractivity contribution in [3.05, 3.63) is 29.8 Å². The highest BCUT2D eigenvalue weighted by molar-refractivity contribution is 6.01. The number of hydrogen-bond donors (Lipinski definition) is 2. The fourth-order valence-corrected chi connectivity index (χ4v) is 3.40. The summed E-state index contributed by atoms with van der Waals surface area (Å²) in [6, 6.07) is 7.61. The monoisotopic (exact) mass is 393 g/mol. The maximum Gasteiger partial charge on any atom is 0.308 e. The van der Waals surface area contributed by atoms with Crippen LogP contribution >= 0.6 is 12.4 Å². The number of esters is 1. The third kappa shape index (κ3) is 4.45. The second kappa shape index (κ2) is 8.05. The van der Waals surface area contributed by atoms with Crippen molar-refractivity contribution in [1.82, 2.24) is 0 Å². The minimum absolute atomic E-state index is 0. The molecule has 2 aromatic rings. The van der Waals surface area contributed by atoms with E-state index < -0.39 is 17.5 Å². The summed E-state index contributed by atoms with van der Waals surface area (Å²) in [4.78, 5) is 23.0. The smallest absolute Gasteiger partial charge is 0.308 e. The molecule has 2 aromatic carbocycles. The van der Waals surface area contributed by atoms with E-state index in [2.05, 4.69) is 5.32 Å². The van der Waals surface area contributed by atoms with Gasteiger partial charge in [0.1, 0.15) is 5.75 Å². The van der Waals surface area contributed by atoms with Gasteiger partial charge in [0, 0.05) is 28.8 Å². The molecular weight excluding hydrogens is 370 g/mol. The summed E-state index contributed by atoms with van der Waals surface area (Å²) >= 11 is 0. The van der Waals surface area contributed by atoms with Crippen molar-refractivity contribution < 1.29 is 24.2 Å². The third-order valence-corrected chi connectivity index (χ3v) is 4.34. The number of rotatable bonds is 5. The van der Waals surface area contributed by atoms with Gasteiger partial charge in [0.15, 0.2) is 5.75 Å². The number of hydrogen-bond acceptors (Lipinski definition) is 5. The number of aliphatic carboxylic acids is 1. The lowest BCUT2D eigenvalue weighted by atomic mass is 9.94. The van der Waals surface area contributed by atoms with Crippen LogP contribution in [0.5, 0.6) is 11.5 Å². The van der Waals surface area contributed by atoms with E-state index in [4.69, 9.17) is 9.47 Å². The molecule has 2 N–H and O–H groups in total. The summed E-state index contributed by atoms with van der Waals surface area (Å²) in [5, 5.41) is 14.2. The molecule has 0 amide bonds. The van der Waals surface area contributed by atoms with Crippen LogP contribution in [0, 0.1) is 0 Å². The van der Waals surface area contributed by atoms with Gasteiger partial charge in [-0.05, 0) is 26.7 Å². The Hall–Kier alpha value is -2.47. The molecule has 146 valence electrons. The lowest BCUT2D eigenvalue weighted by molar-refractivity contribution is -0.138. The molecule has 0 spiro atoms. The Kier molecular flexibility index (Phi) is 6.21. The zero-order valence-corrected chi connectivity index (χ0v) is 16.4. The Morgan fingerprint density at radius 3 is 2.56 bits per heavy atom. The van der Waals surface area contributed by atoms with Gasteiger partial charge in [0.05, 0.1) is 18.7 Å². The van der Waals surface area contributed by atoms with E-state index in [0.29, 0.717) is 18.0 Å². The minimum atomic E-state index is -0.901. The number of fused-ring (bicyclic) bond motifs is 3. The SMILES string of the molecule is CC(=O)Oc1c(NC(C)(C)CC(=O)O)c2c(c3ccccc13)OCCC2.Cl. The van der Waals surface area contributed by atoms with Gasteiger partial charge in [-0.3, -0.25) is 9.59 Å². The topological polar surface area (TPSA) is 84.9 Å². The molecule has 1 aliphatic heterocycles. The molecular formula is C20H24ClNO5. The number of ether oxygens (including phenoxy) is 2. The van der Waals surface area contributed by atoms with Crippen molar-refractivity contribution in [2.45, 2.75) is 45.6 Å². The van der Waals surface area contributed by atoms with Crippen LogP contribution in [0.4, 0.5) is 5.69 Å². The van der Waals surface area contributed by atoms with Gasteiger partial charge in [0.25, 0.3) is 0 Å². The van der Waals surface area contributed by atoms with Crippen molar-refractivity contribution in [2.75, 3.05) is 11.9 Å². The average Bonchev–Trinajstić information content (AvgIpc) is 2.56. The molecule has 0 saturated heterocycles. The zero-order valence-electron chi connectivity index (χ0n) is 15.6. The van der Waals surface area contributed by atoms with Gasteiger partial charge in [0.2, 0.25) is 0 Å². The third-order valence-electron chi connectivity index (χ3n) is 4.34. The van der Waals surface area contributed by atoms with Crippen LogP contribution in [-0.4, -0.2) is 29.2 Å². The van der Waals surface area contributed by atoms with E-state index >= 15 is 0 Å².